The molecule has 154 valence electrons. The van der Waals surface area contributed by atoms with Crippen LogP contribution in [0.2, 0.25) is 5.02 Å². The minimum absolute atomic E-state index is 0.0744. The van der Waals surface area contributed by atoms with Crippen molar-refractivity contribution in [1.29, 1.82) is 0 Å². The second-order valence-electron chi connectivity index (χ2n) is 5.82. The van der Waals surface area contributed by atoms with Crippen molar-refractivity contribution in [1.82, 2.24) is 5.43 Å². The first-order valence-corrected chi connectivity index (χ1v) is 9.07. The summed E-state index contributed by atoms with van der Waals surface area (Å²) in [7, 11) is 1.44. The van der Waals surface area contributed by atoms with Crippen LogP contribution in [0.25, 0.3) is 0 Å². The van der Waals surface area contributed by atoms with Gasteiger partial charge in [0.15, 0.2) is 18.1 Å². The van der Waals surface area contributed by atoms with E-state index in [-0.39, 0.29) is 18.1 Å². The molecule has 9 heteroatoms. The Morgan fingerprint density at radius 1 is 1.13 bits per heavy atom. The van der Waals surface area contributed by atoms with Crippen molar-refractivity contribution in [2.45, 2.75) is 0 Å². The van der Waals surface area contributed by atoms with Gasteiger partial charge in [0.25, 0.3) is 5.91 Å². The number of halogens is 1. The Morgan fingerprint density at radius 2 is 2.00 bits per heavy atom. The third-order valence-corrected chi connectivity index (χ3v) is 3.92. The van der Waals surface area contributed by atoms with Gasteiger partial charge < -0.3 is 18.6 Å². The quantitative estimate of drug-likeness (QED) is 0.254. The van der Waals surface area contributed by atoms with Gasteiger partial charge in [0.2, 0.25) is 5.76 Å². The number of ether oxygens (including phenoxy) is 3. The van der Waals surface area contributed by atoms with Gasteiger partial charge in [-0.3, -0.25) is 4.79 Å². The van der Waals surface area contributed by atoms with E-state index in [4.69, 9.17) is 30.2 Å². The molecule has 0 aliphatic rings. The molecule has 0 bridgehead atoms. The van der Waals surface area contributed by atoms with Gasteiger partial charge in [-0.05, 0) is 54.1 Å². The van der Waals surface area contributed by atoms with Crippen LogP contribution in [0.3, 0.4) is 0 Å². The van der Waals surface area contributed by atoms with E-state index in [1.54, 1.807) is 48.5 Å². The van der Waals surface area contributed by atoms with E-state index in [1.165, 1.54) is 25.7 Å². The van der Waals surface area contributed by atoms with Gasteiger partial charge in [-0.15, -0.1) is 0 Å². The number of methoxy groups -OCH3 is 1. The average molecular weight is 429 g/mol. The summed E-state index contributed by atoms with van der Waals surface area (Å²) in [4.78, 5) is 23.8. The summed E-state index contributed by atoms with van der Waals surface area (Å²) in [5.41, 5.74) is 2.96. The molecule has 1 amide bonds. The number of benzene rings is 2. The fourth-order valence-electron chi connectivity index (χ4n) is 2.31. The zero-order chi connectivity index (χ0) is 21.3. The Balaban J connectivity index is 1.54. The van der Waals surface area contributed by atoms with Crippen molar-refractivity contribution in [3.63, 3.8) is 0 Å². The highest BCUT2D eigenvalue weighted by molar-refractivity contribution is 6.30. The molecule has 0 saturated heterocycles. The summed E-state index contributed by atoms with van der Waals surface area (Å²) < 4.78 is 20.8. The summed E-state index contributed by atoms with van der Waals surface area (Å²) in [6, 6.07) is 14.6. The number of carbonyl (C=O) groups is 2. The predicted octanol–water partition coefficient (Wildman–Crippen LogP) is 3.69. The monoisotopic (exact) mass is 428 g/mol. The number of furan rings is 1. The summed E-state index contributed by atoms with van der Waals surface area (Å²) >= 11 is 5.85. The first-order valence-electron chi connectivity index (χ1n) is 8.69. The van der Waals surface area contributed by atoms with Gasteiger partial charge in [-0.1, -0.05) is 17.7 Å². The Hall–Kier alpha value is -3.78. The van der Waals surface area contributed by atoms with Gasteiger partial charge in [0, 0.05) is 5.02 Å². The van der Waals surface area contributed by atoms with E-state index >= 15 is 0 Å². The topological polar surface area (TPSA) is 99.4 Å². The Kier molecular flexibility index (Phi) is 7.07. The molecule has 0 unspecified atom stereocenters. The van der Waals surface area contributed by atoms with Crippen molar-refractivity contribution in [2.75, 3.05) is 13.7 Å². The highest BCUT2D eigenvalue weighted by Crippen LogP contribution is 2.28. The van der Waals surface area contributed by atoms with Crippen molar-refractivity contribution in [3.8, 4) is 17.2 Å². The van der Waals surface area contributed by atoms with Gasteiger partial charge >= 0.3 is 5.97 Å². The molecule has 1 N–H and O–H groups in total. The molecule has 0 saturated carbocycles. The standard InChI is InChI=1S/C21H17ClN2O6/c1-27-19-10-14(7-8-17(19)30-21(26)18-6-3-9-28-18)12-23-24-20(25)13-29-16-5-2-4-15(22)11-16/h2-12H,13H2,1H3,(H,24,25)/b23-12-. The van der Waals surface area contributed by atoms with Gasteiger partial charge in [0.1, 0.15) is 5.75 Å². The molecule has 8 nitrogen and oxygen atoms in total. The zero-order valence-corrected chi connectivity index (χ0v) is 16.6. The molecule has 3 rings (SSSR count). The molecule has 0 atom stereocenters. The Labute approximate surface area is 177 Å². The van der Waals surface area contributed by atoms with Crippen molar-refractivity contribution in [2.24, 2.45) is 5.10 Å². The lowest BCUT2D eigenvalue weighted by Crippen LogP contribution is -2.24. The molecule has 1 aromatic heterocycles. The first kappa shape index (κ1) is 20.9. The van der Waals surface area contributed by atoms with E-state index in [0.717, 1.165) is 0 Å². The number of hydrazone groups is 1. The first-order chi connectivity index (χ1) is 14.5. The lowest BCUT2D eigenvalue weighted by molar-refractivity contribution is -0.123. The fraction of sp³-hybridized carbons (Fsp3) is 0.0952. The normalized spacial score (nSPS) is 10.6. The van der Waals surface area contributed by atoms with Crippen molar-refractivity contribution in [3.05, 3.63) is 77.2 Å². The van der Waals surface area contributed by atoms with E-state index in [2.05, 4.69) is 10.5 Å². The van der Waals surface area contributed by atoms with Gasteiger partial charge in [-0.25, -0.2) is 10.2 Å². The van der Waals surface area contributed by atoms with E-state index < -0.39 is 11.9 Å². The number of nitrogens with zero attached hydrogens (tertiary/aromatic N) is 1. The van der Waals surface area contributed by atoms with E-state index in [1.807, 2.05) is 0 Å². The maximum absolute atomic E-state index is 12.0. The van der Waals surface area contributed by atoms with Crippen LogP contribution in [0.5, 0.6) is 17.2 Å². The Morgan fingerprint density at radius 3 is 2.73 bits per heavy atom. The molecular weight excluding hydrogens is 412 g/mol. The lowest BCUT2D eigenvalue weighted by atomic mass is 10.2. The summed E-state index contributed by atoms with van der Waals surface area (Å²) in [6.45, 7) is -0.220. The highest BCUT2D eigenvalue weighted by Gasteiger charge is 2.14. The second kappa shape index (κ2) is 10.1. The molecule has 3 aromatic rings. The largest absolute Gasteiger partial charge is 0.493 e. The number of carbonyl (C=O) groups excluding carboxylic acids is 2. The number of hydrogen-bond acceptors (Lipinski definition) is 7. The maximum Gasteiger partial charge on any atom is 0.379 e. The molecule has 2 aromatic carbocycles. The summed E-state index contributed by atoms with van der Waals surface area (Å²) in [6.07, 6.45) is 2.79. The SMILES string of the molecule is COc1cc(/C=N\NC(=O)COc2cccc(Cl)c2)ccc1OC(=O)c1ccco1. The Bertz CT molecular complexity index is 1050. The minimum Gasteiger partial charge on any atom is -0.493 e. The molecule has 30 heavy (non-hydrogen) atoms. The second-order valence-corrected chi connectivity index (χ2v) is 6.25. The van der Waals surface area contributed by atoms with E-state index in [9.17, 15) is 9.59 Å². The van der Waals surface area contributed by atoms with Crippen LogP contribution in [-0.2, 0) is 4.79 Å². The molecule has 1 heterocycles. The molecule has 0 fully saturated rings. The third-order valence-electron chi connectivity index (χ3n) is 3.68. The van der Waals surface area contributed by atoms with Crippen LogP contribution < -0.4 is 19.6 Å². The number of nitrogens with one attached hydrogen (secondary N) is 1. The minimum atomic E-state index is -0.647. The van der Waals surface area contributed by atoms with Crippen molar-refractivity contribution < 1.29 is 28.2 Å². The fourth-order valence-corrected chi connectivity index (χ4v) is 2.49. The van der Waals surface area contributed by atoms with Crippen LogP contribution >= 0.6 is 11.6 Å². The molecule has 0 aliphatic carbocycles. The smallest absolute Gasteiger partial charge is 0.379 e. The maximum atomic E-state index is 12.0. The summed E-state index contributed by atoms with van der Waals surface area (Å²) in [5.74, 6) is -0.00481. The van der Waals surface area contributed by atoms with Crippen LogP contribution in [0.15, 0.2) is 70.4 Å². The molecular formula is C21H17ClN2O6. The zero-order valence-electron chi connectivity index (χ0n) is 15.8. The average Bonchev–Trinajstić information content (AvgIpc) is 3.28. The number of esters is 1. The number of amides is 1. The predicted molar refractivity (Wildman–Crippen MR) is 109 cm³/mol. The van der Waals surface area contributed by atoms with Gasteiger partial charge in [0.05, 0.1) is 19.6 Å². The van der Waals surface area contributed by atoms with Crippen LogP contribution in [0.4, 0.5) is 0 Å². The van der Waals surface area contributed by atoms with E-state index in [0.29, 0.717) is 22.1 Å². The lowest BCUT2D eigenvalue weighted by Gasteiger charge is -2.09. The van der Waals surface area contributed by atoms with Gasteiger partial charge in [-0.2, -0.15) is 5.10 Å². The number of rotatable bonds is 8. The molecule has 0 radical (unpaired) electrons. The number of hydrogen-bond donors (Lipinski definition) is 1. The van der Waals surface area contributed by atoms with Crippen LogP contribution in [0, 0.1) is 0 Å². The molecule has 0 spiro atoms. The highest BCUT2D eigenvalue weighted by atomic mass is 35.5. The van der Waals surface area contributed by atoms with Crippen molar-refractivity contribution >= 4 is 29.7 Å². The van der Waals surface area contributed by atoms with Crippen LogP contribution in [-0.4, -0.2) is 31.8 Å². The third kappa shape index (κ3) is 5.86. The molecule has 0 aliphatic heterocycles. The van der Waals surface area contributed by atoms with Crippen LogP contribution in [0.1, 0.15) is 16.1 Å². The summed E-state index contributed by atoms with van der Waals surface area (Å²) in [5, 5.41) is 4.38.